The third kappa shape index (κ3) is 3.10. The summed E-state index contributed by atoms with van der Waals surface area (Å²) >= 11 is 0. The number of rotatable bonds is 3. The zero-order chi connectivity index (χ0) is 14.0. The molecule has 0 aromatic carbocycles. The average molecular weight is 262 g/mol. The molecule has 1 heterocycles. The molecule has 5 nitrogen and oxygen atoms in total. The molecule has 1 aromatic heterocycles. The van der Waals surface area contributed by atoms with Gasteiger partial charge in [0.1, 0.15) is 0 Å². The van der Waals surface area contributed by atoms with Crippen LogP contribution in [0.1, 0.15) is 25.3 Å². The maximum Gasteiger partial charge on any atom is 0.307 e. The SMILES string of the molecule is Cc1cncc(NC(=O)C2CC(C)CC2C(=O)O)c1. The second kappa shape index (κ2) is 5.38. The van der Waals surface area contributed by atoms with Gasteiger partial charge in [-0.05, 0) is 37.3 Å². The van der Waals surface area contributed by atoms with Gasteiger partial charge in [0.15, 0.2) is 0 Å². The number of pyridine rings is 1. The molecule has 0 spiro atoms. The van der Waals surface area contributed by atoms with Gasteiger partial charge in [-0.1, -0.05) is 6.92 Å². The molecule has 1 saturated carbocycles. The lowest BCUT2D eigenvalue weighted by Gasteiger charge is -2.15. The maximum absolute atomic E-state index is 12.2. The van der Waals surface area contributed by atoms with Crippen LogP contribution in [-0.2, 0) is 9.59 Å². The van der Waals surface area contributed by atoms with E-state index in [0.717, 1.165) is 5.56 Å². The van der Waals surface area contributed by atoms with Crippen LogP contribution >= 0.6 is 0 Å². The van der Waals surface area contributed by atoms with E-state index < -0.39 is 17.8 Å². The van der Waals surface area contributed by atoms with Crippen molar-refractivity contribution in [2.24, 2.45) is 17.8 Å². The molecule has 0 saturated heterocycles. The van der Waals surface area contributed by atoms with E-state index in [1.54, 1.807) is 12.4 Å². The van der Waals surface area contributed by atoms with Crippen LogP contribution in [0, 0.1) is 24.7 Å². The molecule has 1 amide bonds. The van der Waals surface area contributed by atoms with Crippen molar-refractivity contribution < 1.29 is 14.7 Å². The molecule has 1 aliphatic rings. The van der Waals surface area contributed by atoms with E-state index in [2.05, 4.69) is 10.3 Å². The molecular weight excluding hydrogens is 244 g/mol. The number of hydrogen-bond donors (Lipinski definition) is 2. The number of nitrogens with zero attached hydrogens (tertiary/aromatic N) is 1. The van der Waals surface area contributed by atoms with E-state index >= 15 is 0 Å². The topological polar surface area (TPSA) is 79.3 Å². The highest BCUT2D eigenvalue weighted by Gasteiger charge is 2.41. The molecule has 3 unspecified atom stereocenters. The summed E-state index contributed by atoms with van der Waals surface area (Å²) in [6.07, 6.45) is 4.47. The summed E-state index contributed by atoms with van der Waals surface area (Å²) < 4.78 is 0. The Kier molecular flexibility index (Phi) is 3.83. The summed E-state index contributed by atoms with van der Waals surface area (Å²) in [6.45, 7) is 3.87. The predicted molar refractivity (Wildman–Crippen MR) is 70.6 cm³/mol. The molecule has 0 radical (unpaired) electrons. The number of anilines is 1. The second-order valence-electron chi connectivity index (χ2n) is 5.37. The van der Waals surface area contributed by atoms with Crippen LogP contribution in [0.3, 0.4) is 0 Å². The van der Waals surface area contributed by atoms with Crippen molar-refractivity contribution in [1.29, 1.82) is 0 Å². The Morgan fingerprint density at radius 3 is 2.63 bits per heavy atom. The number of carbonyl (C=O) groups excluding carboxylic acids is 1. The van der Waals surface area contributed by atoms with Gasteiger partial charge in [0.05, 0.1) is 23.7 Å². The highest BCUT2D eigenvalue weighted by Crippen LogP contribution is 2.37. The molecule has 102 valence electrons. The number of aryl methyl sites for hydroxylation is 1. The van der Waals surface area contributed by atoms with Crippen LogP contribution < -0.4 is 5.32 Å². The Morgan fingerprint density at radius 2 is 2.00 bits per heavy atom. The highest BCUT2D eigenvalue weighted by atomic mass is 16.4. The zero-order valence-corrected chi connectivity index (χ0v) is 11.1. The quantitative estimate of drug-likeness (QED) is 0.874. The van der Waals surface area contributed by atoms with Crippen LogP contribution in [0.4, 0.5) is 5.69 Å². The molecule has 3 atom stereocenters. The third-order valence-corrected chi connectivity index (χ3v) is 3.59. The molecule has 5 heteroatoms. The zero-order valence-electron chi connectivity index (χ0n) is 11.1. The van der Waals surface area contributed by atoms with Gasteiger partial charge in [-0.25, -0.2) is 0 Å². The number of carboxylic acids is 1. The second-order valence-corrected chi connectivity index (χ2v) is 5.37. The van der Waals surface area contributed by atoms with Crippen molar-refractivity contribution in [1.82, 2.24) is 4.98 Å². The first-order chi connectivity index (χ1) is 8.97. The standard InChI is InChI=1S/C14H18N2O3/c1-8-4-11(12(5-8)14(18)19)13(17)16-10-3-9(2)6-15-7-10/h3,6-8,11-12H,4-5H2,1-2H3,(H,16,17)(H,18,19). The summed E-state index contributed by atoms with van der Waals surface area (Å²) in [5.41, 5.74) is 1.57. The minimum atomic E-state index is -0.883. The molecule has 1 aliphatic carbocycles. The van der Waals surface area contributed by atoms with Crippen LogP contribution in [0.25, 0.3) is 0 Å². The molecule has 1 aromatic rings. The van der Waals surface area contributed by atoms with Crippen molar-refractivity contribution in [2.45, 2.75) is 26.7 Å². The Hall–Kier alpha value is -1.91. The normalized spacial score (nSPS) is 26.1. The van der Waals surface area contributed by atoms with Gasteiger partial charge < -0.3 is 10.4 Å². The van der Waals surface area contributed by atoms with E-state index in [4.69, 9.17) is 5.11 Å². The molecule has 19 heavy (non-hydrogen) atoms. The molecule has 0 bridgehead atoms. The number of aliphatic carboxylic acids is 1. The number of amides is 1. The Balaban J connectivity index is 2.09. The first kappa shape index (κ1) is 13.5. The fraction of sp³-hybridized carbons (Fsp3) is 0.500. The van der Waals surface area contributed by atoms with E-state index in [9.17, 15) is 9.59 Å². The minimum absolute atomic E-state index is 0.218. The van der Waals surface area contributed by atoms with Crippen molar-refractivity contribution >= 4 is 17.6 Å². The van der Waals surface area contributed by atoms with Gasteiger partial charge in [0.25, 0.3) is 0 Å². The summed E-state index contributed by atoms with van der Waals surface area (Å²) in [7, 11) is 0. The number of aromatic nitrogens is 1. The number of nitrogens with one attached hydrogen (secondary N) is 1. The van der Waals surface area contributed by atoms with E-state index in [-0.39, 0.29) is 11.8 Å². The maximum atomic E-state index is 12.2. The van der Waals surface area contributed by atoms with Crippen LogP contribution in [0.5, 0.6) is 0 Å². The minimum Gasteiger partial charge on any atom is -0.481 e. The third-order valence-electron chi connectivity index (χ3n) is 3.59. The van der Waals surface area contributed by atoms with E-state index in [0.29, 0.717) is 18.5 Å². The molecular formula is C14H18N2O3. The Labute approximate surface area is 112 Å². The van der Waals surface area contributed by atoms with E-state index in [1.807, 2.05) is 19.9 Å². The van der Waals surface area contributed by atoms with Gasteiger partial charge in [-0.3, -0.25) is 14.6 Å². The Morgan fingerprint density at radius 1 is 1.32 bits per heavy atom. The largest absolute Gasteiger partial charge is 0.481 e. The van der Waals surface area contributed by atoms with Gasteiger partial charge in [0, 0.05) is 6.20 Å². The summed E-state index contributed by atoms with van der Waals surface area (Å²) in [4.78, 5) is 27.4. The number of carboxylic acid groups (broad SMARTS) is 1. The van der Waals surface area contributed by atoms with Crippen molar-refractivity contribution in [3.05, 3.63) is 24.0 Å². The lowest BCUT2D eigenvalue weighted by molar-refractivity contribution is -0.145. The first-order valence-electron chi connectivity index (χ1n) is 6.42. The number of hydrogen-bond acceptors (Lipinski definition) is 3. The smallest absolute Gasteiger partial charge is 0.307 e. The Bertz CT molecular complexity index is 501. The average Bonchev–Trinajstić information content (AvgIpc) is 2.71. The number of carbonyl (C=O) groups is 2. The molecule has 2 rings (SSSR count). The van der Waals surface area contributed by atoms with Crippen LogP contribution in [0.15, 0.2) is 18.5 Å². The van der Waals surface area contributed by atoms with Gasteiger partial charge >= 0.3 is 5.97 Å². The van der Waals surface area contributed by atoms with Crippen molar-refractivity contribution in [3.8, 4) is 0 Å². The lowest BCUT2D eigenvalue weighted by atomic mass is 9.95. The van der Waals surface area contributed by atoms with Gasteiger partial charge in [-0.2, -0.15) is 0 Å². The summed E-state index contributed by atoms with van der Waals surface area (Å²) in [5, 5.41) is 11.9. The highest BCUT2D eigenvalue weighted by molar-refractivity contribution is 5.95. The van der Waals surface area contributed by atoms with Gasteiger partial charge in [0.2, 0.25) is 5.91 Å². The monoisotopic (exact) mass is 262 g/mol. The van der Waals surface area contributed by atoms with Crippen molar-refractivity contribution in [3.63, 3.8) is 0 Å². The molecule has 2 N–H and O–H groups in total. The summed E-state index contributed by atoms with van der Waals surface area (Å²) in [5.74, 6) is -1.86. The van der Waals surface area contributed by atoms with E-state index in [1.165, 1.54) is 0 Å². The molecule has 1 fully saturated rings. The fourth-order valence-electron chi connectivity index (χ4n) is 2.71. The molecule has 0 aliphatic heterocycles. The lowest BCUT2D eigenvalue weighted by Crippen LogP contribution is -2.30. The fourth-order valence-corrected chi connectivity index (χ4v) is 2.71. The predicted octanol–water partition coefficient (Wildman–Crippen LogP) is 2.08. The van der Waals surface area contributed by atoms with Crippen LogP contribution in [0.2, 0.25) is 0 Å². The van der Waals surface area contributed by atoms with Crippen LogP contribution in [-0.4, -0.2) is 22.0 Å². The first-order valence-corrected chi connectivity index (χ1v) is 6.42. The summed E-state index contributed by atoms with van der Waals surface area (Å²) in [6, 6.07) is 1.82. The van der Waals surface area contributed by atoms with Crippen molar-refractivity contribution in [2.75, 3.05) is 5.32 Å². The van der Waals surface area contributed by atoms with Gasteiger partial charge in [-0.15, -0.1) is 0 Å².